The van der Waals surface area contributed by atoms with Gasteiger partial charge in [0.05, 0.1) is 13.2 Å². The number of carbonyl (C=O) groups excluding carboxylic acids is 2. The molecule has 2 amide bonds. The van der Waals surface area contributed by atoms with Crippen LogP contribution in [0.3, 0.4) is 0 Å². The molecular weight excluding hydrogens is 212 g/mol. The van der Waals surface area contributed by atoms with E-state index >= 15 is 0 Å². The first-order chi connectivity index (χ1) is 7.75. The topological polar surface area (TPSA) is 83.0 Å². The summed E-state index contributed by atoms with van der Waals surface area (Å²) in [5.41, 5.74) is 5.40. The van der Waals surface area contributed by atoms with Crippen molar-refractivity contribution in [2.45, 2.75) is 12.8 Å². The predicted octanol–water partition coefficient (Wildman–Crippen LogP) is -1.38. The molecule has 1 saturated heterocycles. The van der Waals surface area contributed by atoms with Crippen LogP contribution in [-0.2, 0) is 14.3 Å². The van der Waals surface area contributed by atoms with E-state index in [1.54, 1.807) is 5.01 Å². The third kappa shape index (κ3) is 2.77. The van der Waals surface area contributed by atoms with Gasteiger partial charge in [0.15, 0.2) is 0 Å². The molecule has 0 radical (unpaired) electrons. The molecule has 0 saturated carbocycles. The predicted molar refractivity (Wildman–Crippen MR) is 55.3 cm³/mol. The van der Waals surface area contributed by atoms with Crippen LogP contribution < -0.4 is 10.9 Å². The van der Waals surface area contributed by atoms with E-state index in [-0.39, 0.29) is 11.8 Å². The number of carbonyl (C=O) groups is 2. The third-order valence-electron chi connectivity index (χ3n) is 2.44. The van der Waals surface area contributed by atoms with Crippen LogP contribution in [0.15, 0.2) is 5.10 Å². The summed E-state index contributed by atoms with van der Waals surface area (Å²) >= 11 is 0. The van der Waals surface area contributed by atoms with Crippen LogP contribution in [0.25, 0.3) is 0 Å². The standard InChI is InChI=1S/C9H14N4O3/c14-8-2-1-7(10-11-8)9(15)12-13-3-5-16-6-4-13/h1-6H2,(H,11,14)(H,12,15). The highest BCUT2D eigenvalue weighted by Crippen LogP contribution is 2.00. The number of nitrogens with zero attached hydrogens (tertiary/aromatic N) is 2. The number of amides is 2. The van der Waals surface area contributed by atoms with Crippen molar-refractivity contribution >= 4 is 17.5 Å². The summed E-state index contributed by atoms with van der Waals surface area (Å²) in [6, 6.07) is 0. The van der Waals surface area contributed by atoms with Gasteiger partial charge in [-0.25, -0.2) is 10.4 Å². The molecule has 2 aliphatic rings. The Bertz CT molecular complexity index is 323. The Balaban J connectivity index is 1.85. The highest BCUT2D eigenvalue weighted by Gasteiger charge is 2.20. The molecule has 2 heterocycles. The van der Waals surface area contributed by atoms with Gasteiger partial charge in [0.25, 0.3) is 5.91 Å². The number of nitrogens with one attached hydrogen (secondary N) is 2. The average molecular weight is 226 g/mol. The normalized spacial score (nSPS) is 22.2. The van der Waals surface area contributed by atoms with Crippen LogP contribution in [0.4, 0.5) is 0 Å². The second kappa shape index (κ2) is 5.04. The van der Waals surface area contributed by atoms with Crippen LogP contribution in [-0.4, -0.2) is 48.8 Å². The van der Waals surface area contributed by atoms with E-state index in [1.807, 2.05) is 0 Å². The Morgan fingerprint density at radius 2 is 2.12 bits per heavy atom. The summed E-state index contributed by atoms with van der Waals surface area (Å²) in [7, 11) is 0. The number of hydrazone groups is 1. The fourth-order valence-corrected chi connectivity index (χ4v) is 1.52. The molecule has 88 valence electrons. The quantitative estimate of drug-likeness (QED) is 0.607. The maximum Gasteiger partial charge on any atom is 0.281 e. The van der Waals surface area contributed by atoms with Crippen molar-refractivity contribution in [1.82, 2.24) is 15.9 Å². The highest BCUT2D eigenvalue weighted by atomic mass is 16.5. The SMILES string of the molecule is O=C1CCC(C(=O)NN2CCOCC2)=NN1. The number of hydrazine groups is 1. The van der Waals surface area contributed by atoms with Crippen LogP contribution in [0.5, 0.6) is 0 Å². The van der Waals surface area contributed by atoms with E-state index in [0.29, 0.717) is 44.9 Å². The van der Waals surface area contributed by atoms with Crippen molar-refractivity contribution in [3.8, 4) is 0 Å². The Hall–Kier alpha value is -1.47. The monoisotopic (exact) mass is 226 g/mol. The lowest BCUT2D eigenvalue weighted by atomic mass is 10.2. The van der Waals surface area contributed by atoms with Gasteiger partial charge >= 0.3 is 0 Å². The first-order valence-corrected chi connectivity index (χ1v) is 5.25. The van der Waals surface area contributed by atoms with Gasteiger partial charge in [-0.2, -0.15) is 5.10 Å². The van der Waals surface area contributed by atoms with Gasteiger partial charge in [-0.05, 0) is 0 Å². The van der Waals surface area contributed by atoms with Crippen molar-refractivity contribution in [3.63, 3.8) is 0 Å². The molecule has 7 heteroatoms. The van der Waals surface area contributed by atoms with E-state index in [0.717, 1.165) is 0 Å². The van der Waals surface area contributed by atoms with Crippen molar-refractivity contribution in [3.05, 3.63) is 0 Å². The molecule has 2 N–H and O–H groups in total. The molecule has 0 aromatic carbocycles. The summed E-state index contributed by atoms with van der Waals surface area (Å²) in [6.07, 6.45) is 0.706. The number of hydrogen-bond acceptors (Lipinski definition) is 5. The first kappa shape index (κ1) is 11.0. The van der Waals surface area contributed by atoms with Crippen LogP contribution in [0, 0.1) is 0 Å². The lowest BCUT2D eigenvalue weighted by Gasteiger charge is -2.27. The zero-order valence-corrected chi connectivity index (χ0v) is 8.86. The van der Waals surface area contributed by atoms with Gasteiger partial charge in [0.2, 0.25) is 5.91 Å². The summed E-state index contributed by atoms with van der Waals surface area (Å²) in [6.45, 7) is 2.57. The maximum atomic E-state index is 11.7. The number of rotatable bonds is 2. The number of hydrogen-bond donors (Lipinski definition) is 2. The molecule has 0 aromatic rings. The second-order valence-corrected chi connectivity index (χ2v) is 3.63. The Morgan fingerprint density at radius 1 is 1.38 bits per heavy atom. The smallest absolute Gasteiger partial charge is 0.281 e. The van der Waals surface area contributed by atoms with Crippen molar-refractivity contribution in [2.75, 3.05) is 26.3 Å². The maximum absolute atomic E-state index is 11.7. The van der Waals surface area contributed by atoms with Gasteiger partial charge in [0, 0.05) is 25.9 Å². The van der Waals surface area contributed by atoms with Gasteiger partial charge in [-0.15, -0.1) is 0 Å². The molecular formula is C9H14N4O3. The zero-order chi connectivity index (χ0) is 11.4. The Labute approximate surface area is 92.8 Å². The number of ether oxygens (including phenoxy) is 1. The molecule has 0 aromatic heterocycles. The van der Waals surface area contributed by atoms with E-state index in [2.05, 4.69) is 16.0 Å². The van der Waals surface area contributed by atoms with Crippen molar-refractivity contribution in [2.24, 2.45) is 5.10 Å². The zero-order valence-electron chi connectivity index (χ0n) is 8.86. The van der Waals surface area contributed by atoms with Gasteiger partial charge in [-0.1, -0.05) is 0 Å². The second-order valence-electron chi connectivity index (χ2n) is 3.63. The molecule has 7 nitrogen and oxygen atoms in total. The van der Waals surface area contributed by atoms with E-state index in [1.165, 1.54) is 0 Å². The van der Waals surface area contributed by atoms with E-state index in [9.17, 15) is 9.59 Å². The minimum Gasteiger partial charge on any atom is -0.379 e. The van der Waals surface area contributed by atoms with Crippen LogP contribution >= 0.6 is 0 Å². The van der Waals surface area contributed by atoms with Crippen molar-refractivity contribution in [1.29, 1.82) is 0 Å². The average Bonchev–Trinajstić information content (AvgIpc) is 2.31. The fraction of sp³-hybridized carbons (Fsp3) is 0.667. The molecule has 0 bridgehead atoms. The summed E-state index contributed by atoms with van der Waals surface area (Å²) < 4.78 is 5.16. The molecule has 0 spiro atoms. The van der Waals surface area contributed by atoms with E-state index < -0.39 is 0 Å². The lowest BCUT2D eigenvalue weighted by Crippen LogP contribution is -2.51. The number of morpholine rings is 1. The molecule has 0 aliphatic carbocycles. The van der Waals surface area contributed by atoms with Crippen LogP contribution in [0.2, 0.25) is 0 Å². The molecule has 1 fully saturated rings. The molecule has 2 aliphatic heterocycles. The lowest BCUT2D eigenvalue weighted by molar-refractivity contribution is -0.122. The molecule has 16 heavy (non-hydrogen) atoms. The van der Waals surface area contributed by atoms with Gasteiger partial charge < -0.3 is 4.74 Å². The Kier molecular flexibility index (Phi) is 3.47. The molecule has 2 rings (SSSR count). The minimum atomic E-state index is -0.248. The molecule has 0 unspecified atom stereocenters. The molecule has 0 atom stereocenters. The fourth-order valence-electron chi connectivity index (χ4n) is 1.52. The van der Waals surface area contributed by atoms with Crippen LogP contribution in [0.1, 0.15) is 12.8 Å². The van der Waals surface area contributed by atoms with Gasteiger partial charge in [-0.3, -0.25) is 15.0 Å². The summed E-state index contributed by atoms with van der Waals surface area (Å²) in [5, 5.41) is 5.52. The summed E-state index contributed by atoms with van der Waals surface area (Å²) in [4.78, 5) is 22.5. The Morgan fingerprint density at radius 3 is 2.75 bits per heavy atom. The van der Waals surface area contributed by atoms with Crippen molar-refractivity contribution < 1.29 is 14.3 Å². The summed E-state index contributed by atoms with van der Waals surface area (Å²) in [5.74, 6) is -0.398. The third-order valence-corrected chi connectivity index (χ3v) is 2.44. The highest BCUT2D eigenvalue weighted by molar-refractivity contribution is 6.39. The van der Waals surface area contributed by atoms with Gasteiger partial charge in [0.1, 0.15) is 5.71 Å². The van der Waals surface area contributed by atoms with E-state index in [4.69, 9.17) is 4.74 Å². The minimum absolute atomic E-state index is 0.150. The first-order valence-electron chi connectivity index (χ1n) is 5.25. The largest absolute Gasteiger partial charge is 0.379 e.